The van der Waals surface area contributed by atoms with Gasteiger partial charge in [-0.15, -0.1) is 0 Å². The number of carbonyl (C=O) groups is 2. The first kappa shape index (κ1) is 19.9. The van der Waals surface area contributed by atoms with Crippen LogP contribution in [0, 0.1) is 0 Å². The van der Waals surface area contributed by atoms with Crippen LogP contribution in [0.2, 0.25) is 18.1 Å². The van der Waals surface area contributed by atoms with E-state index < -0.39 is 20.3 Å². The van der Waals surface area contributed by atoms with E-state index in [1.807, 2.05) is 0 Å². The van der Waals surface area contributed by atoms with Gasteiger partial charge >= 0.3 is 11.9 Å². The number of hydrogen-bond donors (Lipinski definition) is 1. The lowest BCUT2D eigenvalue weighted by molar-refractivity contribution is -0.133. The monoisotopic (exact) mass is 314 g/mol. The molecule has 0 atom stereocenters. The first-order chi connectivity index (χ1) is 9.99. The van der Waals surface area contributed by atoms with E-state index >= 15 is 0 Å². The van der Waals surface area contributed by atoms with Crippen molar-refractivity contribution in [3.05, 3.63) is 12.2 Å². The van der Waals surface area contributed by atoms with Gasteiger partial charge in [0.2, 0.25) is 0 Å². The predicted molar refractivity (Wildman–Crippen MR) is 87.8 cm³/mol. The first-order valence-corrected chi connectivity index (χ1v) is 10.7. The van der Waals surface area contributed by atoms with E-state index in [0.29, 0.717) is 0 Å². The molecule has 0 aromatic carbocycles. The van der Waals surface area contributed by atoms with Gasteiger partial charge in [0.05, 0.1) is 0 Å². The highest BCUT2D eigenvalue weighted by atomic mass is 28.4. The topological polar surface area (TPSA) is 63.6 Å². The summed E-state index contributed by atoms with van der Waals surface area (Å²) in [6.07, 6.45) is 8.43. The summed E-state index contributed by atoms with van der Waals surface area (Å²) in [4.78, 5) is 22.4. The number of carboxylic acids is 1. The van der Waals surface area contributed by atoms with Gasteiger partial charge in [-0.25, -0.2) is 9.59 Å². The molecule has 0 radical (unpaired) electrons. The van der Waals surface area contributed by atoms with Crippen LogP contribution in [0.5, 0.6) is 0 Å². The molecule has 0 rings (SSSR count). The van der Waals surface area contributed by atoms with Crippen LogP contribution in [0.3, 0.4) is 0 Å². The highest BCUT2D eigenvalue weighted by Gasteiger charge is 2.36. The number of aliphatic carboxylic acids is 1. The third-order valence-electron chi connectivity index (χ3n) is 3.64. The van der Waals surface area contributed by atoms with Crippen LogP contribution in [-0.4, -0.2) is 25.4 Å². The van der Waals surface area contributed by atoms with Crippen LogP contribution in [0.1, 0.15) is 59.3 Å². The molecule has 21 heavy (non-hydrogen) atoms. The maximum absolute atomic E-state index is 11.9. The van der Waals surface area contributed by atoms with Gasteiger partial charge < -0.3 is 9.53 Å². The summed E-state index contributed by atoms with van der Waals surface area (Å²) in [5, 5.41) is 8.60. The van der Waals surface area contributed by atoms with E-state index in [2.05, 4.69) is 20.8 Å². The fourth-order valence-electron chi connectivity index (χ4n) is 2.41. The second-order valence-electron chi connectivity index (χ2n) is 5.59. The van der Waals surface area contributed by atoms with Crippen molar-refractivity contribution in [2.45, 2.75) is 77.4 Å². The number of hydrogen-bond acceptors (Lipinski definition) is 3. The zero-order valence-corrected chi connectivity index (χ0v) is 14.7. The maximum Gasteiger partial charge on any atom is 0.328 e. The van der Waals surface area contributed by atoms with Gasteiger partial charge in [0.25, 0.3) is 8.32 Å². The third kappa shape index (κ3) is 9.45. The van der Waals surface area contributed by atoms with Gasteiger partial charge in [0.15, 0.2) is 0 Å². The molecular formula is C16H30O4Si. The molecule has 0 saturated heterocycles. The Morgan fingerprint density at radius 1 is 0.905 bits per heavy atom. The summed E-state index contributed by atoms with van der Waals surface area (Å²) in [5.74, 6) is -1.60. The minimum atomic E-state index is -2.09. The summed E-state index contributed by atoms with van der Waals surface area (Å²) in [7, 11) is -2.09. The van der Waals surface area contributed by atoms with Crippen molar-refractivity contribution in [3.63, 3.8) is 0 Å². The minimum Gasteiger partial charge on any atom is -0.516 e. The lowest BCUT2D eigenvalue weighted by Crippen LogP contribution is -2.40. The quantitative estimate of drug-likeness (QED) is 0.425. The molecule has 0 amide bonds. The molecule has 5 heteroatoms. The summed E-state index contributed by atoms with van der Waals surface area (Å²) < 4.78 is 5.84. The molecule has 4 nitrogen and oxygen atoms in total. The van der Waals surface area contributed by atoms with E-state index in [1.54, 1.807) is 0 Å². The normalized spacial score (nSPS) is 11.8. The SMILES string of the molecule is CCCC[Si](CCCC)(CCCC)OC(=O)/C=C/C(=O)O. The molecule has 0 aliphatic heterocycles. The van der Waals surface area contributed by atoms with Crippen molar-refractivity contribution >= 4 is 20.3 Å². The molecular weight excluding hydrogens is 284 g/mol. The Morgan fingerprint density at radius 2 is 1.33 bits per heavy atom. The fourth-order valence-corrected chi connectivity index (χ4v) is 6.96. The largest absolute Gasteiger partial charge is 0.516 e. The van der Waals surface area contributed by atoms with Crippen LogP contribution in [0.15, 0.2) is 12.2 Å². The Hall–Kier alpha value is -1.10. The van der Waals surface area contributed by atoms with E-state index in [9.17, 15) is 9.59 Å². The van der Waals surface area contributed by atoms with Crippen LogP contribution >= 0.6 is 0 Å². The van der Waals surface area contributed by atoms with E-state index in [-0.39, 0.29) is 0 Å². The highest BCUT2D eigenvalue weighted by Crippen LogP contribution is 2.29. The lowest BCUT2D eigenvalue weighted by Gasteiger charge is -2.31. The summed E-state index contributed by atoms with van der Waals surface area (Å²) in [5.41, 5.74) is 0. The third-order valence-corrected chi connectivity index (χ3v) is 8.07. The Labute approximate surface area is 129 Å². The van der Waals surface area contributed by atoms with Crippen LogP contribution < -0.4 is 0 Å². The smallest absolute Gasteiger partial charge is 0.328 e. The zero-order chi connectivity index (χ0) is 16.1. The van der Waals surface area contributed by atoms with Crippen LogP contribution in [0.25, 0.3) is 0 Å². The van der Waals surface area contributed by atoms with Gasteiger partial charge in [-0.3, -0.25) is 0 Å². The number of carboxylic acid groups (broad SMARTS) is 1. The van der Waals surface area contributed by atoms with Crippen molar-refractivity contribution < 1.29 is 19.1 Å². The van der Waals surface area contributed by atoms with Gasteiger partial charge in [0, 0.05) is 12.2 Å². The maximum atomic E-state index is 11.9. The van der Waals surface area contributed by atoms with E-state index in [1.165, 1.54) is 0 Å². The minimum absolute atomic E-state index is 0.479. The van der Waals surface area contributed by atoms with E-state index in [0.717, 1.165) is 68.8 Å². The lowest BCUT2D eigenvalue weighted by atomic mass is 10.4. The second-order valence-corrected chi connectivity index (χ2v) is 9.66. The van der Waals surface area contributed by atoms with Gasteiger partial charge in [-0.05, 0) is 18.1 Å². The zero-order valence-electron chi connectivity index (χ0n) is 13.7. The Bertz CT molecular complexity index is 317. The molecule has 0 spiro atoms. The fraction of sp³-hybridized carbons (Fsp3) is 0.750. The molecule has 0 saturated carbocycles. The second kappa shape index (κ2) is 11.5. The summed E-state index contributed by atoms with van der Waals surface area (Å²) in [6, 6.07) is 2.99. The van der Waals surface area contributed by atoms with Crippen molar-refractivity contribution in [1.29, 1.82) is 0 Å². The molecule has 0 aliphatic rings. The van der Waals surface area contributed by atoms with E-state index in [4.69, 9.17) is 9.53 Å². The summed E-state index contributed by atoms with van der Waals surface area (Å²) in [6.45, 7) is 6.43. The van der Waals surface area contributed by atoms with Crippen LogP contribution in [0.4, 0.5) is 0 Å². The molecule has 0 unspecified atom stereocenters. The average molecular weight is 314 g/mol. The van der Waals surface area contributed by atoms with Crippen molar-refractivity contribution in [1.82, 2.24) is 0 Å². The van der Waals surface area contributed by atoms with Crippen LogP contribution in [-0.2, 0) is 14.0 Å². The first-order valence-electron chi connectivity index (χ1n) is 8.13. The Balaban J connectivity index is 4.92. The van der Waals surface area contributed by atoms with Crippen molar-refractivity contribution in [2.24, 2.45) is 0 Å². The van der Waals surface area contributed by atoms with Gasteiger partial charge in [0.1, 0.15) is 0 Å². The summed E-state index contributed by atoms with van der Waals surface area (Å²) >= 11 is 0. The molecule has 0 heterocycles. The van der Waals surface area contributed by atoms with Crippen molar-refractivity contribution in [2.75, 3.05) is 0 Å². The molecule has 0 aromatic rings. The molecule has 0 aromatic heterocycles. The number of rotatable bonds is 12. The Kier molecular flexibility index (Phi) is 10.9. The molecule has 0 fully saturated rings. The predicted octanol–water partition coefficient (Wildman–Crippen LogP) is 4.52. The van der Waals surface area contributed by atoms with Crippen molar-refractivity contribution in [3.8, 4) is 0 Å². The number of unbranched alkanes of at least 4 members (excludes halogenated alkanes) is 3. The highest BCUT2D eigenvalue weighted by molar-refractivity contribution is 6.75. The standard InChI is InChI=1S/C16H30O4Si/c1-4-7-12-21(13-8-5-2,14-9-6-3)20-16(19)11-10-15(17)18/h10-11H,4-9,12-14H2,1-3H3,(H,17,18)/b11-10+. The van der Waals surface area contributed by atoms with Gasteiger partial charge in [-0.2, -0.15) is 0 Å². The molecule has 0 bridgehead atoms. The average Bonchev–Trinajstić information content (AvgIpc) is 2.46. The number of carbonyl (C=O) groups excluding carboxylic acids is 1. The molecule has 1 N–H and O–H groups in total. The molecule has 122 valence electrons. The van der Waals surface area contributed by atoms with Gasteiger partial charge in [-0.1, -0.05) is 59.3 Å². The molecule has 0 aliphatic carbocycles. The Morgan fingerprint density at radius 3 is 1.67 bits per heavy atom.